The number of rotatable bonds is 6. The summed E-state index contributed by atoms with van der Waals surface area (Å²) in [5, 5.41) is 4.60. The predicted octanol–water partition coefficient (Wildman–Crippen LogP) is 2.70. The molecule has 0 aliphatic rings. The minimum Gasteiger partial charge on any atom is -0.271 e. The fourth-order valence-corrected chi connectivity index (χ4v) is 2.69. The van der Waals surface area contributed by atoms with Crippen LogP contribution in [0.5, 0.6) is 0 Å². The molecule has 0 radical (unpaired) electrons. The van der Waals surface area contributed by atoms with Crippen molar-refractivity contribution >= 4 is 0 Å². The van der Waals surface area contributed by atoms with Gasteiger partial charge in [0, 0.05) is 24.7 Å². The molecule has 1 unspecified atom stereocenters. The van der Waals surface area contributed by atoms with Crippen molar-refractivity contribution in [2.45, 2.75) is 52.6 Å². The van der Waals surface area contributed by atoms with E-state index < -0.39 is 0 Å². The van der Waals surface area contributed by atoms with Crippen LogP contribution in [0.4, 0.5) is 0 Å². The van der Waals surface area contributed by atoms with E-state index in [1.807, 2.05) is 10.9 Å². The second-order valence-corrected chi connectivity index (χ2v) is 6.15. The summed E-state index contributed by atoms with van der Waals surface area (Å²) in [6.07, 6.45) is 3.78. The average Bonchev–Trinajstić information content (AvgIpc) is 2.85. The number of nitrogens with two attached hydrogens (primary N) is 1. The van der Waals surface area contributed by atoms with Crippen LogP contribution in [-0.2, 0) is 12.8 Å². The molecule has 1 heterocycles. The van der Waals surface area contributed by atoms with E-state index in [9.17, 15) is 0 Å². The van der Waals surface area contributed by atoms with E-state index in [-0.39, 0.29) is 6.04 Å². The van der Waals surface area contributed by atoms with Crippen LogP contribution in [0.25, 0.3) is 0 Å². The van der Waals surface area contributed by atoms with Crippen LogP contribution in [0.1, 0.15) is 42.3 Å². The van der Waals surface area contributed by atoms with E-state index in [4.69, 9.17) is 5.84 Å². The van der Waals surface area contributed by atoms with Crippen molar-refractivity contribution in [3.05, 3.63) is 52.8 Å². The van der Waals surface area contributed by atoms with Gasteiger partial charge < -0.3 is 0 Å². The van der Waals surface area contributed by atoms with Crippen molar-refractivity contribution in [1.82, 2.24) is 15.2 Å². The van der Waals surface area contributed by atoms with E-state index in [2.05, 4.69) is 62.5 Å². The molecule has 114 valence electrons. The molecule has 0 saturated heterocycles. The Morgan fingerprint density at radius 1 is 1.14 bits per heavy atom. The zero-order valence-electron chi connectivity index (χ0n) is 13.4. The lowest BCUT2D eigenvalue weighted by atomic mass is 9.99. The molecule has 0 saturated carbocycles. The lowest BCUT2D eigenvalue weighted by Crippen LogP contribution is -2.38. The quantitative estimate of drug-likeness (QED) is 0.634. The van der Waals surface area contributed by atoms with Gasteiger partial charge >= 0.3 is 0 Å². The molecule has 0 bridgehead atoms. The van der Waals surface area contributed by atoms with E-state index in [0.717, 1.165) is 18.5 Å². The number of aromatic nitrogens is 2. The first-order valence-corrected chi connectivity index (χ1v) is 7.55. The van der Waals surface area contributed by atoms with Gasteiger partial charge in [-0.25, -0.2) is 0 Å². The Morgan fingerprint density at radius 2 is 1.81 bits per heavy atom. The Labute approximate surface area is 127 Å². The van der Waals surface area contributed by atoms with Crippen LogP contribution < -0.4 is 11.3 Å². The monoisotopic (exact) mass is 286 g/mol. The SMILES string of the molecule is Cc1cc(C)cc(CC(Cc2ccn(C(C)C)n2)NN)c1. The van der Waals surface area contributed by atoms with Crippen LogP contribution in [0.3, 0.4) is 0 Å². The molecular weight excluding hydrogens is 260 g/mol. The molecule has 21 heavy (non-hydrogen) atoms. The molecular formula is C17H26N4. The number of nitrogens with zero attached hydrogens (tertiary/aromatic N) is 2. The number of hydrogen-bond acceptors (Lipinski definition) is 3. The molecule has 0 aliphatic carbocycles. The van der Waals surface area contributed by atoms with Crippen LogP contribution in [0, 0.1) is 13.8 Å². The van der Waals surface area contributed by atoms with Gasteiger partial charge in [0.05, 0.1) is 5.69 Å². The van der Waals surface area contributed by atoms with Crippen molar-refractivity contribution in [1.29, 1.82) is 0 Å². The van der Waals surface area contributed by atoms with Gasteiger partial charge in [0.25, 0.3) is 0 Å². The van der Waals surface area contributed by atoms with Crippen molar-refractivity contribution in [2.75, 3.05) is 0 Å². The summed E-state index contributed by atoms with van der Waals surface area (Å²) in [5.74, 6) is 5.73. The Morgan fingerprint density at radius 3 is 2.33 bits per heavy atom. The maximum Gasteiger partial charge on any atom is 0.0640 e. The third kappa shape index (κ3) is 4.41. The number of hydrogen-bond donors (Lipinski definition) is 2. The Balaban J connectivity index is 2.05. The molecule has 4 nitrogen and oxygen atoms in total. The lowest BCUT2D eigenvalue weighted by molar-refractivity contribution is 0.495. The summed E-state index contributed by atoms with van der Waals surface area (Å²) in [5.41, 5.74) is 7.92. The van der Waals surface area contributed by atoms with Gasteiger partial charge in [-0.05, 0) is 45.7 Å². The van der Waals surface area contributed by atoms with E-state index in [0.29, 0.717) is 6.04 Å². The first-order valence-electron chi connectivity index (χ1n) is 7.55. The van der Waals surface area contributed by atoms with E-state index >= 15 is 0 Å². The normalized spacial score (nSPS) is 12.9. The predicted molar refractivity (Wildman–Crippen MR) is 87.0 cm³/mol. The second-order valence-electron chi connectivity index (χ2n) is 6.15. The third-order valence-electron chi connectivity index (χ3n) is 3.65. The van der Waals surface area contributed by atoms with Crippen molar-refractivity contribution in [3.8, 4) is 0 Å². The molecule has 0 aliphatic heterocycles. The van der Waals surface area contributed by atoms with E-state index in [1.165, 1.54) is 16.7 Å². The second kappa shape index (κ2) is 6.87. The Hall–Kier alpha value is -1.65. The van der Waals surface area contributed by atoms with Gasteiger partial charge in [-0.1, -0.05) is 29.3 Å². The molecule has 1 aromatic heterocycles. The molecule has 3 N–H and O–H groups in total. The van der Waals surface area contributed by atoms with Gasteiger partial charge in [0.15, 0.2) is 0 Å². The summed E-state index contributed by atoms with van der Waals surface area (Å²) in [4.78, 5) is 0. The molecule has 4 heteroatoms. The highest BCUT2D eigenvalue weighted by atomic mass is 15.3. The first-order chi connectivity index (χ1) is 9.97. The largest absolute Gasteiger partial charge is 0.271 e. The fourth-order valence-electron chi connectivity index (χ4n) is 2.69. The maximum absolute atomic E-state index is 5.73. The van der Waals surface area contributed by atoms with Crippen LogP contribution in [0.15, 0.2) is 30.5 Å². The molecule has 2 aromatic rings. The van der Waals surface area contributed by atoms with Crippen molar-refractivity contribution in [2.24, 2.45) is 5.84 Å². The standard InChI is InChI=1S/C17H26N4/c1-12(2)21-6-5-16(20-21)11-17(19-18)10-15-8-13(3)7-14(4)9-15/h5-9,12,17,19H,10-11,18H2,1-4H3. The highest BCUT2D eigenvalue weighted by molar-refractivity contribution is 5.29. The summed E-state index contributed by atoms with van der Waals surface area (Å²) >= 11 is 0. The topological polar surface area (TPSA) is 55.9 Å². The van der Waals surface area contributed by atoms with Gasteiger partial charge in [-0.2, -0.15) is 5.10 Å². The summed E-state index contributed by atoms with van der Waals surface area (Å²) < 4.78 is 1.99. The zero-order valence-corrected chi connectivity index (χ0v) is 13.4. The summed E-state index contributed by atoms with van der Waals surface area (Å²) in [6.45, 7) is 8.52. The smallest absolute Gasteiger partial charge is 0.0640 e. The highest BCUT2D eigenvalue weighted by Gasteiger charge is 2.12. The van der Waals surface area contributed by atoms with Gasteiger partial charge in [-0.3, -0.25) is 16.0 Å². The number of benzene rings is 1. The third-order valence-corrected chi connectivity index (χ3v) is 3.65. The maximum atomic E-state index is 5.73. The first kappa shape index (κ1) is 15.7. The van der Waals surface area contributed by atoms with Crippen molar-refractivity contribution < 1.29 is 0 Å². The molecule has 1 aromatic carbocycles. The van der Waals surface area contributed by atoms with Gasteiger partial charge in [0.2, 0.25) is 0 Å². The van der Waals surface area contributed by atoms with Crippen LogP contribution in [-0.4, -0.2) is 15.8 Å². The molecule has 0 spiro atoms. The highest BCUT2D eigenvalue weighted by Crippen LogP contribution is 2.13. The van der Waals surface area contributed by atoms with Crippen LogP contribution >= 0.6 is 0 Å². The molecule has 0 fully saturated rings. The Bertz CT molecular complexity index is 566. The number of aryl methyl sites for hydroxylation is 2. The Kier molecular flexibility index (Phi) is 5.15. The van der Waals surface area contributed by atoms with E-state index in [1.54, 1.807) is 0 Å². The number of nitrogens with one attached hydrogen (secondary N) is 1. The van der Waals surface area contributed by atoms with Gasteiger partial charge in [0.1, 0.15) is 0 Å². The lowest BCUT2D eigenvalue weighted by Gasteiger charge is -2.15. The minimum absolute atomic E-state index is 0.196. The van der Waals surface area contributed by atoms with Crippen molar-refractivity contribution in [3.63, 3.8) is 0 Å². The van der Waals surface area contributed by atoms with Crippen LogP contribution in [0.2, 0.25) is 0 Å². The summed E-state index contributed by atoms with van der Waals surface area (Å²) in [7, 11) is 0. The molecule has 1 atom stereocenters. The molecule has 0 amide bonds. The summed E-state index contributed by atoms with van der Waals surface area (Å²) in [6, 6.07) is 9.31. The average molecular weight is 286 g/mol. The fraction of sp³-hybridized carbons (Fsp3) is 0.471. The molecule has 2 rings (SSSR count). The minimum atomic E-state index is 0.196. The van der Waals surface area contributed by atoms with Gasteiger partial charge in [-0.15, -0.1) is 0 Å². The number of hydrazine groups is 1. The zero-order chi connectivity index (χ0) is 15.4.